The summed E-state index contributed by atoms with van der Waals surface area (Å²) >= 11 is 0. The molecule has 1 atom stereocenters. The van der Waals surface area contributed by atoms with Crippen LogP contribution in [0.15, 0.2) is 18.2 Å². The number of methoxy groups -OCH3 is 2. The molecule has 0 spiro atoms. The molecule has 2 rings (SSSR count). The molecule has 86 valence electrons. The van der Waals surface area contributed by atoms with Crippen molar-refractivity contribution in [3.05, 3.63) is 23.8 Å². The minimum Gasteiger partial charge on any atom is -0.497 e. The molecule has 0 saturated carbocycles. The first-order valence-corrected chi connectivity index (χ1v) is 4.91. The van der Waals surface area contributed by atoms with Gasteiger partial charge >= 0.3 is 6.09 Å². The van der Waals surface area contributed by atoms with E-state index >= 15 is 0 Å². The fourth-order valence-corrected chi connectivity index (χ4v) is 1.65. The van der Waals surface area contributed by atoms with Gasteiger partial charge in [0.1, 0.15) is 17.6 Å². The first-order valence-electron chi connectivity index (χ1n) is 4.91. The molecule has 0 bridgehead atoms. The topological polar surface area (TPSA) is 56.8 Å². The molecule has 1 fully saturated rings. The van der Waals surface area contributed by atoms with Crippen LogP contribution in [0.2, 0.25) is 0 Å². The summed E-state index contributed by atoms with van der Waals surface area (Å²) in [5, 5.41) is 2.60. The molecule has 0 aliphatic carbocycles. The largest absolute Gasteiger partial charge is 0.497 e. The van der Waals surface area contributed by atoms with Crippen molar-refractivity contribution in [3.8, 4) is 11.5 Å². The monoisotopic (exact) mass is 223 g/mol. The smallest absolute Gasteiger partial charge is 0.407 e. The summed E-state index contributed by atoms with van der Waals surface area (Å²) in [6, 6.07) is 5.41. The molecule has 1 aromatic carbocycles. The molecule has 1 heterocycles. The molecule has 1 aliphatic heterocycles. The van der Waals surface area contributed by atoms with E-state index in [4.69, 9.17) is 14.2 Å². The van der Waals surface area contributed by atoms with Gasteiger partial charge in [-0.2, -0.15) is 0 Å². The minimum atomic E-state index is -0.400. The molecule has 1 amide bonds. The Morgan fingerprint density at radius 2 is 2.19 bits per heavy atom. The van der Waals surface area contributed by atoms with Gasteiger partial charge in [0.2, 0.25) is 0 Å². The van der Waals surface area contributed by atoms with E-state index in [1.807, 2.05) is 12.1 Å². The fraction of sp³-hybridized carbons (Fsp3) is 0.364. The van der Waals surface area contributed by atoms with Gasteiger partial charge in [0.15, 0.2) is 0 Å². The Hall–Kier alpha value is -1.91. The van der Waals surface area contributed by atoms with Crippen molar-refractivity contribution >= 4 is 6.09 Å². The van der Waals surface area contributed by atoms with Crippen molar-refractivity contribution in [2.24, 2.45) is 0 Å². The molecule has 5 nitrogen and oxygen atoms in total. The maximum absolute atomic E-state index is 11.0. The predicted octanol–water partition coefficient (Wildman–Crippen LogP) is 1.48. The lowest BCUT2D eigenvalue weighted by atomic mass is 10.1. The first-order chi connectivity index (χ1) is 7.74. The number of rotatable bonds is 3. The third-order valence-corrected chi connectivity index (χ3v) is 2.47. The standard InChI is InChI=1S/C11H13NO4/c1-14-7-3-4-8(9(5-7)15-2)10-6-12-11(13)16-10/h3-5,10H,6H2,1-2H3,(H,12,13). The Bertz CT molecular complexity index is 405. The molecule has 1 unspecified atom stereocenters. The number of nitrogens with one attached hydrogen (secondary N) is 1. The minimum absolute atomic E-state index is 0.298. The van der Waals surface area contributed by atoms with Crippen LogP contribution >= 0.6 is 0 Å². The second-order valence-electron chi connectivity index (χ2n) is 3.38. The van der Waals surface area contributed by atoms with Crippen molar-refractivity contribution < 1.29 is 19.0 Å². The number of amides is 1. The number of ether oxygens (including phenoxy) is 3. The second-order valence-corrected chi connectivity index (χ2v) is 3.38. The molecule has 1 aliphatic rings. The van der Waals surface area contributed by atoms with E-state index in [1.165, 1.54) is 0 Å². The van der Waals surface area contributed by atoms with Crippen LogP contribution in [0.25, 0.3) is 0 Å². The highest BCUT2D eigenvalue weighted by Gasteiger charge is 2.26. The fourth-order valence-electron chi connectivity index (χ4n) is 1.65. The van der Waals surface area contributed by atoms with Crippen LogP contribution in [-0.2, 0) is 4.74 Å². The summed E-state index contributed by atoms with van der Waals surface area (Å²) in [5.41, 5.74) is 0.835. The quantitative estimate of drug-likeness (QED) is 0.843. The van der Waals surface area contributed by atoms with E-state index in [0.717, 1.165) is 5.56 Å². The lowest BCUT2D eigenvalue weighted by Crippen LogP contribution is -2.12. The molecule has 16 heavy (non-hydrogen) atoms. The third kappa shape index (κ3) is 1.88. The van der Waals surface area contributed by atoms with Crippen molar-refractivity contribution in [1.82, 2.24) is 5.32 Å². The van der Waals surface area contributed by atoms with Gasteiger partial charge in [-0.1, -0.05) is 0 Å². The van der Waals surface area contributed by atoms with Crippen LogP contribution in [0.5, 0.6) is 11.5 Å². The van der Waals surface area contributed by atoms with Gasteiger partial charge in [0.25, 0.3) is 0 Å². The Labute approximate surface area is 93.3 Å². The van der Waals surface area contributed by atoms with Gasteiger partial charge in [-0.05, 0) is 12.1 Å². The molecular formula is C11H13NO4. The zero-order valence-corrected chi connectivity index (χ0v) is 9.15. The van der Waals surface area contributed by atoms with Gasteiger partial charge in [0, 0.05) is 11.6 Å². The highest BCUT2D eigenvalue weighted by atomic mass is 16.6. The summed E-state index contributed by atoms with van der Waals surface area (Å²) in [5.74, 6) is 1.36. The number of hydrogen-bond acceptors (Lipinski definition) is 4. The zero-order chi connectivity index (χ0) is 11.5. The summed E-state index contributed by atoms with van der Waals surface area (Å²) in [7, 11) is 3.16. The van der Waals surface area contributed by atoms with E-state index < -0.39 is 6.09 Å². The summed E-state index contributed by atoms with van der Waals surface area (Å²) in [6.45, 7) is 0.460. The average molecular weight is 223 g/mol. The molecule has 1 N–H and O–H groups in total. The van der Waals surface area contributed by atoms with E-state index in [-0.39, 0.29) is 6.10 Å². The Morgan fingerprint density at radius 3 is 2.75 bits per heavy atom. The Kier molecular flexibility index (Phi) is 2.85. The van der Waals surface area contributed by atoms with Crippen LogP contribution in [-0.4, -0.2) is 26.9 Å². The average Bonchev–Trinajstić information content (AvgIpc) is 2.74. The van der Waals surface area contributed by atoms with Crippen molar-refractivity contribution in [2.75, 3.05) is 20.8 Å². The molecule has 0 aromatic heterocycles. The predicted molar refractivity (Wildman–Crippen MR) is 56.8 cm³/mol. The number of benzene rings is 1. The summed E-state index contributed by atoms with van der Waals surface area (Å²) in [4.78, 5) is 11.0. The maximum atomic E-state index is 11.0. The molecule has 5 heteroatoms. The summed E-state index contributed by atoms with van der Waals surface area (Å²) < 4.78 is 15.4. The Balaban J connectivity index is 2.29. The number of cyclic esters (lactones) is 1. The zero-order valence-electron chi connectivity index (χ0n) is 9.15. The van der Waals surface area contributed by atoms with Crippen LogP contribution in [0, 0.1) is 0 Å². The van der Waals surface area contributed by atoms with Crippen LogP contribution in [0.4, 0.5) is 4.79 Å². The number of alkyl carbamates (subject to hydrolysis) is 1. The van der Waals surface area contributed by atoms with Gasteiger partial charge in [-0.3, -0.25) is 0 Å². The van der Waals surface area contributed by atoms with Crippen molar-refractivity contribution in [3.63, 3.8) is 0 Å². The third-order valence-electron chi connectivity index (χ3n) is 2.47. The molecule has 1 aromatic rings. The van der Waals surface area contributed by atoms with Crippen LogP contribution in [0.1, 0.15) is 11.7 Å². The van der Waals surface area contributed by atoms with Gasteiger partial charge in [-0.25, -0.2) is 4.79 Å². The highest BCUT2D eigenvalue weighted by molar-refractivity contribution is 5.70. The molecular weight excluding hydrogens is 210 g/mol. The molecule has 1 saturated heterocycles. The SMILES string of the molecule is COc1ccc(C2CNC(=O)O2)c(OC)c1. The molecule has 0 radical (unpaired) electrons. The number of carbonyl (C=O) groups is 1. The van der Waals surface area contributed by atoms with Crippen molar-refractivity contribution in [1.29, 1.82) is 0 Å². The highest BCUT2D eigenvalue weighted by Crippen LogP contribution is 2.32. The Morgan fingerprint density at radius 1 is 1.38 bits per heavy atom. The summed E-state index contributed by atoms with van der Waals surface area (Å²) in [6.07, 6.45) is -0.698. The number of hydrogen-bond donors (Lipinski definition) is 1. The lowest BCUT2D eigenvalue weighted by Gasteiger charge is -2.13. The van der Waals surface area contributed by atoms with E-state index in [2.05, 4.69) is 5.32 Å². The maximum Gasteiger partial charge on any atom is 0.407 e. The van der Waals surface area contributed by atoms with E-state index in [0.29, 0.717) is 18.0 Å². The van der Waals surface area contributed by atoms with E-state index in [1.54, 1.807) is 20.3 Å². The van der Waals surface area contributed by atoms with Crippen molar-refractivity contribution in [2.45, 2.75) is 6.10 Å². The lowest BCUT2D eigenvalue weighted by molar-refractivity contribution is 0.139. The van der Waals surface area contributed by atoms with Gasteiger partial charge < -0.3 is 19.5 Å². The van der Waals surface area contributed by atoms with Gasteiger partial charge in [0.05, 0.1) is 20.8 Å². The normalized spacial score (nSPS) is 18.9. The van der Waals surface area contributed by atoms with Crippen LogP contribution in [0.3, 0.4) is 0 Å². The van der Waals surface area contributed by atoms with Gasteiger partial charge in [-0.15, -0.1) is 0 Å². The first kappa shape index (κ1) is 10.6. The second kappa shape index (κ2) is 4.30. The number of carbonyl (C=O) groups excluding carboxylic acids is 1. The van der Waals surface area contributed by atoms with Crippen LogP contribution < -0.4 is 14.8 Å². The van der Waals surface area contributed by atoms with E-state index in [9.17, 15) is 4.79 Å².